The molecule has 0 spiro atoms. The third-order valence-electron chi connectivity index (χ3n) is 3.85. The van der Waals surface area contributed by atoms with Crippen molar-refractivity contribution in [2.75, 3.05) is 25.6 Å². The number of rotatable bonds is 5. The van der Waals surface area contributed by atoms with Gasteiger partial charge in [0.05, 0.1) is 11.7 Å². The van der Waals surface area contributed by atoms with Gasteiger partial charge in [-0.1, -0.05) is 18.2 Å². The minimum atomic E-state index is -0.00224. The number of anilines is 2. The molecule has 1 fully saturated rings. The van der Waals surface area contributed by atoms with Crippen LogP contribution in [0.25, 0.3) is 0 Å². The number of nitrogens with zero attached hydrogens (tertiary/aromatic N) is 3. The number of carbonyl (C=O) groups excluding carboxylic acids is 1. The quantitative estimate of drug-likeness (QED) is 0.918. The molecule has 1 atom stereocenters. The van der Waals surface area contributed by atoms with Crippen LogP contribution < -0.4 is 5.32 Å². The molecule has 120 valence electrons. The molecule has 2 heterocycles. The van der Waals surface area contributed by atoms with Gasteiger partial charge in [-0.25, -0.2) is 9.97 Å². The number of para-hydroxylation sites is 1. The van der Waals surface area contributed by atoms with Gasteiger partial charge in [-0.2, -0.15) is 0 Å². The lowest BCUT2D eigenvalue weighted by Crippen LogP contribution is -2.47. The topological polar surface area (TPSA) is 67.3 Å². The molecule has 1 N–H and O–H groups in total. The Balaban J connectivity index is 1.79. The van der Waals surface area contributed by atoms with E-state index in [1.165, 1.54) is 7.11 Å². The molecule has 3 rings (SSSR count). The third-order valence-corrected chi connectivity index (χ3v) is 3.85. The van der Waals surface area contributed by atoms with Gasteiger partial charge in [-0.15, -0.1) is 0 Å². The van der Waals surface area contributed by atoms with Gasteiger partial charge in [0.25, 0.3) is 0 Å². The fraction of sp³-hybridized carbons (Fsp3) is 0.353. The lowest BCUT2D eigenvalue weighted by atomic mass is 9.99. The summed E-state index contributed by atoms with van der Waals surface area (Å²) < 4.78 is 4.93. The first-order valence-corrected chi connectivity index (χ1v) is 7.63. The molecule has 1 aromatic heterocycles. The van der Waals surface area contributed by atoms with Gasteiger partial charge in [-0.3, -0.25) is 4.79 Å². The smallest absolute Gasteiger partial charge is 0.249 e. The first-order valence-electron chi connectivity index (χ1n) is 7.63. The Hall–Kier alpha value is -2.47. The van der Waals surface area contributed by atoms with Gasteiger partial charge in [-0.05, 0) is 25.5 Å². The van der Waals surface area contributed by atoms with Crippen LogP contribution in [0, 0.1) is 6.92 Å². The van der Waals surface area contributed by atoms with Crippen molar-refractivity contribution in [2.45, 2.75) is 19.4 Å². The monoisotopic (exact) mass is 312 g/mol. The Morgan fingerprint density at radius 3 is 2.78 bits per heavy atom. The molecule has 1 unspecified atom stereocenters. The second-order valence-corrected chi connectivity index (χ2v) is 5.54. The summed E-state index contributed by atoms with van der Waals surface area (Å²) in [5.41, 5.74) is 1.84. The molecule has 1 aliphatic rings. The van der Waals surface area contributed by atoms with Gasteiger partial charge < -0.3 is 15.0 Å². The second kappa shape index (κ2) is 6.75. The number of methoxy groups -OCH3 is 1. The van der Waals surface area contributed by atoms with Crippen molar-refractivity contribution in [3.05, 3.63) is 47.9 Å². The summed E-state index contributed by atoms with van der Waals surface area (Å²) in [4.78, 5) is 22.7. The first kappa shape index (κ1) is 15.4. The SMILES string of the molecule is COCC(=O)N1CCC1c1cc(Nc2ccccc2)nc(C)n1. The van der Waals surface area contributed by atoms with E-state index in [2.05, 4.69) is 15.3 Å². The maximum Gasteiger partial charge on any atom is 0.249 e. The summed E-state index contributed by atoms with van der Waals surface area (Å²) in [5.74, 6) is 1.43. The van der Waals surface area contributed by atoms with Crippen molar-refractivity contribution in [3.8, 4) is 0 Å². The molecule has 23 heavy (non-hydrogen) atoms. The molecule has 0 bridgehead atoms. The highest BCUT2D eigenvalue weighted by molar-refractivity contribution is 5.78. The molecule has 6 nitrogen and oxygen atoms in total. The van der Waals surface area contributed by atoms with Gasteiger partial charge in [0.2, 0.25) is 5.91 Å². The van der Waals surface area contributed by atoms with Crippen molar-refractivity contribution < 1.29 is 9.53 Å². The zero-order chi connectivity index (χ0) is 16.2. The minimum absolute atomic E-state index is 0.00224. The second-order valence-electron chi connectivity index (χ2n) is 5.54. The summed E-state index contributed by atoms with van der Waals surface area (Å²) in [7, 11) is 1.53. The van der Waals surface area contributed by atoms with E-state index in [9.17, 15) is 4.79 Å². The lowest BCUT2D eigenvalue weighted by molar-refractivity contribution is -0.143. The van der Waals surface area contributed by atoms with Crippen molar-refractivity contribution in [2.24, 2.45) is 0 Å². The Labute approximate surface area is 135 Å². The van der Waals surface area contributed by atoms with E-state index in [1.807, 2.05) is 43.3 Å². The van der Waals surface area contributed by atoms with Crippen molar-refractivity contribution >= 4 is 17.4 Å². The number of carbonyl (C=O) groups is 1. The molecule has 6 heteroatoms. The molecule has 1 amide bonds. The van der Waals surface area contributed by atoms with Crippen molar-refractivity contribution in [1.82, 2.24) is 14.9 Å². The summed E-state index contributed by atoms with van der Waals surface area (Å²) >= 11 is 0. The number of ether oxygens (including phenoxy) is 1. The molecular formula is C17H20N4O2. The van der Waals surface area contributed by atoms with Gasteiger partial charge in [0, 0.05) is 25.4 Å². The van der Waals surface area contributed by atoms with Gasteiger partial charge >= 0.3 is 0 Å². The predicted octanol–water partition coefficient (Wildman–Crippen LogP) is 2.45. The van der Waals surface area contributed by atoms with Gasteiger partial charge in [0.15, 0.2) is 0 Å². The van der Waals surface area contributed by atoms with E-state index < -0.39 is 0 Å². The van der Waals surface area contributed by atoms with E-state index >= 15 is 0 Å². The Morgan fingerprint density at radius 1 is 1.35 bits per heavy atom. The third kappa shape index (κ3) is 3.48. The van der Waals surface area contributed by atoms with Crippen LogP contribution in [0.3, 0.4) is 0 Å². The van der Waals surface area contributed by atoms with E-state index in [0.717, 1.165) is 30.2 Å². The van der Waals surface area contributed by atoms with Crippen LogP contribution in [-0.2, 0) is 9.53 Å². The number of aromatic nitrogens is 2. The number of likely N-dealkylation sites (tertiary alicyclic amines) is 1. The van der Waals surface area contributed by atoms with Crippen LogP contribution in [0.2, 0.25) is 0 Å². The molecule has 1 saturated heterocycles. The number of hydrogen-bond donors (Lipinski definition) is 1. The van der Waals surface area contributed by atoms with Crippen LogP contribution >= 0.6 is 0 Å². The standard InChI is InChI=1S/C17H20N4O2/c1-12-18-14(15-8-9-21(15)17(22)11-23-2)10-16(19-12)20-13-6-4-3-5-7-13/h3-7,10,15H,8-9,11H2,1-2H3,(H,18,19,20). The van der Waals surface area contributed by atoms with E-state index in [0.29, 0.717) is 5.82 Å². The fourth-order valence-corrected chi connectivity index (χ4v) is 2.69. The number of nitrogens with one attached hydrogen (secondary N) is 1. The molecule has 1 aliphatic heterocycles. The van der Waals surface area contributed by atoms with Crippen LogP contribution in [0.5, 0.6) is 0 Å². The maximum atomic E-state index is 12.0. The van der Waals surface area contributed by atoms with Crippen LogP contribution in [-0.4, -0.2) is 41.0 Å². The number of aryl methyl sites for hydroxylation is 1. The Morgan fingerprint density at radius 2 is 2.13 bits per heavy atom. The number of benzene rings is 1. The summed E-state index contributed by atoms with van der Waals surface area (Å²) in [6.07, 6.45) is 0.913. The van der Waals surface area contributed by atoms with Crippen molar-refractivity contribution in [3.63, 3.8) is 0 Å². The molecule has 0 aliphatic carbocycles. The van der Waals surface area contributed by atoms with Crippen LogP contribution in [0.15, 0.2) is 36.4 Å². The zero-order valence-electron chi connectivity index (χ0n) is 13.3. The molecule has 1 aromatic carbocycles. The molecule has 2 aromatic rings. The van der Waals surface area contributed by atoms with Crippen molar-refractivity contribution in [1.29, 1.82) is 0 Å². The van der Waals surface area contributed by atoms with E-state index in [4.69, 9.17) is 4.74 Å². The fourth-order valence-electron chi connectivity index (χ4n) is 2.69. The Kier molecular flexibility index (Phi) is 4.52. The summed E-state index contributed by atoms with van der Waals surface area (Å²) in [6.45, 7) is 2.71. The molecule has 0 radical (unpaired) electrons. The zero-order valence-corrected chi connectivity index (χ0v) is 13.3. The lowest BCUT2D eigenvalue weighted by Gasteiger charge is -2.40. The average molecular weight is 312 g/mol. The van der Waals surface area contributed by atoms with Crippen LogP contribution in [0.4, 0.5) is 11.5 Å². The normalized spacial score (nSPS) is 16.8. The average Bonchev–Trinajstić information content (AvgIpc) is 2.46. The molecule has 0 saturated carbocycles. The highest BCUT2D eigenvalue weighted by Gasteiger charge is 2.34. The minimum Gasteiger partial charge on any atom is -0.375 e. The van der Waals surface area contributed by atoms with E-state index in [-0.39, 0.29) is 18.6 Å². The summed E-state index contributed by atoms with van der Waals surface area (Å²) in [6, 6.07) is 11.8. The molecular weight excluding hydrogens is 292 g/mol. The summed E-state index contributed by atoms with van der Waals surface area (Å²) in [5, 5.41) is 3.28. The Bertz CT molecular complexity index is 690. The number of amides is 1. The van der Waals surface area contributed by atoms with Gasteiger partial charge in [0.1, 0.15) is 18.2 Å². The van der Waals surface area contributed by atoms with Crippen LogP contribution in [0.1, 0.15) is 24.0 Å². The predicted molar refractivity (Wildman–Crippen MR) is 87.4 cm³/mol. The maximum absolute atomic E-state index is 12.0. The van der Waals surface area contributed by atoms with E-state index in [1.54, 1.807) is 4.90 Å². The largest absolute Gasteiger partial charge is 0.375 e. The highest BCUT2D eigenvalue weighted by Crippen LogP contribution is 2.33. The first-order chi connectivity index (χ1) is 11.2. The number of hydrogen-bond acceptors (Lipinski definition) is 5. The highest BCUT2D eigenvalue weighted by atomic mass is 16.5.